The molecule has 3 aromatic carbocycles. The van der Waals surface area contributed by atoms with Gasteiger partial charge in [-0.2, -0.15) is 5.10 Å². The standard InChI is InChI=1S/C33H35N5O5/c1-33(2,3)43-32(41)37-17-22(18-37)38-28-12-11-20(23-8-6-9-25-24(23)13-14-35-31(25)34)15-26(28)27(36-38)19-42-29-10-5-4-7-21(29)16-30(39)40/h4-15,22,32,41H,16-19H2,1-3H3,(H2,34,35)(H,39,40). The first-order valence-corrected chi connectivity index (χ1v) is 14.2. The van der Waals surface area contributed by atoms with Crippen LogP contribution in [0.2, 0.25) is 0 Å². The van der Waals surface area contributed by atoms with E-state index >= 15 is 0 Å². The smallest absolute Gasteiger partial charge is 0.307 e. The SMILES string of the molecule is CC(C)(C)OC(O)N1CC(n2nc(COc3ccccc3CC(=O)O)c3cc(-c4cccc5c(N)nccc45)ccc32)C1. The van der Waals surface area contributed by atoms with E-state index in [2.05, 4.69) is 29.2 Å². The lowest BCUT2D eigenvalue weighted by molar-refractivity contribution is -0.259. The number of likely N-dealkylation sites (tertiary alicyclic amines) is 1. The van der Waals surface area contributed by atoms with E-state index in [1.54, 1.807) is 24.4 Å². The molecule has 10 heteroatoms. The minimum absolute atomic E-state index is 0.0306. The molecule has 4 N–H and O–H groups in total. The number of aliphatic hydroxyl groups is 1. The Morgan fingerprint density at radius 3 is 2.60 bits per heavy atom. The van der Waals surface area contributed by atoms with Gasteiger partial charge in [0.2, 0.25) is 6.41 Å². The van der Waals surface area contributed by atoms with Gasteiger partial charge in [-0.05, 0) is 61.5 Å². The van der Waals surface area contributed by atoms with Crippen LogP contribution in [0.15, 0.2) is 72.9 Å². The molecular formula is C33H35N5O5. The normalized spacial score (nSPS) is 15.1. The molecule has 5 aromatic rings. The van der Waals surface area contributed by atoms with E-state index in [0.29, 0.717) is 30.2 Å². The predicted molar refractivity (Wildman–Crippen MR) is 164 cm³/mol. The van der Waals surface area contributed by atoms with Crippen molar-refractivity contribution < 1.29 is 24.5 Å². The third-order valence-electron chi connectivity index (χ3n) is 7.62. The molecule has 0 bridgehead atoms. The largest absolute Gasteiger partial charge is 0.487 e. The number of nitrogens with zero attached hydrogens (tertiary/aromatic N) is 4. The van der Waals surface area contributed by atoms with Crippen molar-refractivity contribution in [2.45, 2.75) is 51.9 Å². The number of carbonyl (C=O) groups is 1. The van der Waals surface area contributed by atoms with Crippen molar-refractivity contribution in [1.29, 1.82) is 0 Å². The number of carboxylic acids is 1. The van der Waals surface area contributed by atoms with E-state index in [-0.39, 0.29) is 19.1 Å². The van der Waals surface area contributed by atoms with Gasteiger partial charge in [-0.1, -0.05) is 42.5 Å². The Hall–Kier alpha value is -4.51. The number of aliphatic hydroxyl groups excluding tert-OH is 1. The molecule has 6 rings (SSSR count). The van der Waals surface area contributed by atoms with Crippen molar-refractivity contribution >= 4 is 33.5 Å². The second-order valence-electron chi connectivity index (χ2n) is 11.9. The van der Waals surface area contributed by atoms with E-state index in [9.17, 15) is 15.0 Å². The first-order valence-electron chi connectivity index (χ1n) is 14.2. The van der Waals surface area contributed by atoms with E-state index in [1.807, 2.05) is 54.6 Å². The van der Waals surface area contributed by atoms with E-state index < -0.39 is 18.0 Å². The van der Waals surface area contributed by atoms with Gasteiger partial charge in [0, 0.05) is 35.6 Å². The number of benzene rings is 3. The number of ether oxygens (including phenoxy) is 2. The number of aromatic nitrogens is 3. The Bertz CT molecular complexity index is 1810. The average Bonchev–Trinajstić information content (AvgIpc) is 3.28. The Kier molecular flexibility index (Phi) is 7.51. The first-order chi connectivity index (χ1) is 20.6. The number of rotatable bonds is 9. The number of aliphatic carboxylic acids is 1. The van der Waals surface area contributed by atoms with E-state index in [0.717, 1.165) is 38.5 Å². The molecule has 222 valence electrons. The third-order valence-corrected chi connectivity index (χ3v) is 7.62. The summed E-state index contributed by atoms with van der Waals surface area (Å²) in [5.41, 5.74) is 10.0. The van der Waals surface area contributed by atoms with Crippen LogP contribution >= 0.6 is 0 Å². The molecular weight excluding hydrogens is 546 g/mol. The first kappa shape index (κ1) is 28.6. The minimum atomic E-state index is -0.994. The summed E-state index contributed by atoms with van der Waals surface area (Å²) in [6.45, 7) is 7.04. The molecule has 2 aromatic heterocycles. The summed E-state index contributed by atoms with van der Waals surface area (Å²) in [5.74, 6) is 0.0705. The zero-order valence-electron chi connectivity index (χ0n) is 24.4. The summed E-state index contributed by atoms with van der Waals surface area (Å²) in [4.78, 5) is 17.5. The summed E-state index contributed by atoms with van der Waals surface area (Å²) in [6, 6.07) is 21.4. The van der Waals surface area contributed by atoms with Crippen LogP contribution in [0.4, 0.5) is 5.82 Å². The van der Waals surface area contributed by atoms with Crippen molar-refractivity contribution in [1.82, 2.24) is 19.7 Å². The highest BCUT2D eigenvalue weighted by Crippen LogP contribution is 2.35. The summed E-state index contributed by atoms with van der Waals surface area (Å²) < 4.78 is 13.9. The van der Waals surface area contributed by atoms with Gasteiger partial charge in [0.1, 0.15) is 23.9 Å². The number of hydrogen-bond donors (Lipinski definition) is 3. The average molecular weight is 582 g/mol. The molecule has 0 saturated carbocycles. The van der Waals surface area contributed by atoms with Crippen molar-refractivity contribution in [3.63, 3.8) is 0 Å². The summed E-state index contributed by atoms with van der Waals surface area (Å²) in [5, 5.41) is 27.7. The molecule has 43 heavy (non-hydrogen) atoms. The summed E-state index contributed by atoms with van der Waals surface area (Å²) in [7, 11) is 0. The Balaban J connectivity index is 1.36. The number of pyridine rings is 1. The van der Waals surface area contributed by atoms with Crippen molar-refractivity contribution in [3.05, 3.63) is 84.2 Å². The lowest BCUT2D eigenvalue weighted by Gasteiger charge is -2.43. The molecule has 0 aliphatic carbocycles. The number of nitrogen functional groups attached to an aromatic ring is 1. The number of hydrogen-bond acceptors (Lipinski definition) is 8. The molecule has 3 heterocycles. The van der Waals surface area contributed by atoms with Gasteiger partial charge in [-0.3, -0.25) is 14.4 Å². The van der Waals surface area contributed by atoms with E-state index in [1.165, 1.54) is 0 Å². The number of anilines is 1. The zero-order valence-corrected chi connectivity index (χ0v) is 24.4. The van der Waals surface area contributed by atoms with Gasteiger partial charge in [-0.25, -0.2) is 4.98 Å². The highest BCUT2D eigenvalue weighted by Gasteiger charge is 2.36. The monoisotopic (exact) mass is 581 g/mol. The third kappa shape index (κ3) is 5.90. The van der Waals surface area contributed by atoms with Crippen LogP contribution in [0.1, 0.15) is 38.1 Å². The molecule has 0 spiro atoms. The fraction of sp³-hybridized carbons (Fsp3) is 0.303. The lowest BCUT2D eigenvalue weighted by Crippen LogP contribution is -2.55. The fourth-order valence-corrected chi connectivity index (χ4v) is 5.55. The quantitative estimate of drug-likeness (QED) is 0.206. The van der Waals surface area contributed by atoms with Crippen molar-refractivity contribution in [2.24, 2.45) is 0 Å². The second-order valence-corrected chi connectivity index (χ2v) is 11.9. The van der Waals surface area contributed by atoms with Gasteiger partial charge in [-0.15, -0.1) is 0 Å². The highest BCUT2D eigenvalue weighted by molar-refractivity contribution is 6.02. The van der Waals surface area contributed by atoms with Gasteiger partial charge >= 0.3 is 5.97 Å². The molecule has 1 aliphatic rings. The van der Waals surface area contributed by atoms with Gasteiger partial charge in [0.25, 0.3) is 0 Å². The Morgan fingerprint density at radius 1 is 1.05 bits per heavy atom. The predicted octanol–water partition coefficient (Wildman–Crippen LogP) is 4.99. The van der Waals surface area contributed by atoms with Crippen LogP contribution in [-0.2, 0) is 22.6 Å². The van der Waals surface area contributed by atoms with Crippen LogP contribution in [0, 0.1) is 0 Å². The molecule has 1 fully saturated rings. The van der Waals surface area contributed by atoms with Gasteiger partial charge in [0.05, 0.1) is 23.6 Å². The molecule has 1 unspecified atom stereocenters. The Labute approximate surface area is 249 Å². The Morgan fingerprint density at radius 2 is 1.84 bits per heavy atom. The summed E-state index contributed by atoms with van der Waals surface area (Å²) in [6.07, 6.45) is 0.587. The molecule has 1 aliphatic heterocycles. The number of carboxylic acid groups (broad SMARTS) is 1. The maximum atomic E-state index is 11.4. The topological polar surface area (TPSA) is 136 Å². The minimum Gasteiger partial charge on any atom is -0.487 e. The van der Waals surface area contributed by atoms with Crippen LogP contribution in [0.25, 0.3) is 32.8 Å². The number of para-hydroxylation sites is 1. The van der Waals surface area contributed by atoms with Gasteiger partial charge < -0.3 is 25.4 Å². The molecule has 1 saturated heterocycles. The molecule has 0 amide bonds. The van der Waals surface area contributed by atoms with Crippen LogP contribution in [0.5, 0.6) is 5.75 Å². The number of nitrogens with two attached hydrogens (primary N) is 1. The van der Waals surface area contributed by atoms with Crippen molar-refractivity contribution in [2.75, 3.05) is 18.8 Å². The van der Waals surface area contributed by atoms with Gasteiger partial charge in [0.15, 0.2) is 0 Å². The lowest BCUT2D eigenvalue weighted by atomic mass is 9.97. The van der Waals surface area contributed by atoms with Crippen LogP contribution in [-0.4, -0.2) is 61.0 Å². The molecule has 1 atom stereocenters. The maximum absolute atomic E-state index is 11.4. The van der Waals surface area contributed by atoms with Crippen molar-refractivity contribution in [3.8, 4) is 16.9 Å². The highest BCUT2D eigenvalue weighted by atomic mass is 16.6. The maximum Gasteiger partial charge on any atom is 0.307 e. The zero-order chi connectivity index (χ0) is 30.3. The van der Waals surface area contributed by atoms with E-state index in [4.69, 9.17) is 20.3 Å². The van der Waals surface area contributed by atoms with Crippen LogP contribution < -0.4 is 10.5 Å². The summed E-state index contributed by atoms with van der Waals surface area (Å²) >= 11 is 0. The fourth-order valence-electron chi connectivity index (χ4n) is 5.55. The molecule has 10 nitrogen and oxygen atoms in total. The number of fused-ring (bicyclic) bond motifs is 2. The second kappa shape index (κ2) is 11.3. The molecule has 0 radical (unpaired) electrons. The van der Waals surface area contributed by atoms with Crippen LogP contribution in [0.3, 0.4) is 0 Å².